The summed E-state index contributed by atoms with van der Waals surface area (Å²) in [6.07, 6.45) is 1.36. The van der Waals surface area contributed by atoms with E-state index >= 15 is 0 Å². The molecular formula is C21H24N2O4. The second-order valence-corrected chi connectivity index (χ2v) is 6.35. The first kappa shape index (κ1) is 18.8. The van der Waals surface area contributed by atoms with Gasteiger partial charge in [0.05, 0.1) is 7.11 Å². The summed E-state index contributed by atoms with van der Waals surface area (Å²) in [5.41, 5.74) is 1.52. The van der Waals surface area contributed by atoms with Gasteiger partial charge in [0.1, 0.15) is 0 Å². The van der Waals surface area contributed by atoms with E-state index in [1.54, 1.807) is 36.3 Å². The first-order valence-electron chi connectivity index (χ1n) is 9.13. The number of carbonyl (C=O) groups is 2. The summed E-state index contributed by atoms with van der Waals surface area (Å²) >= 11 is 0. The molecule has 0 aliphatic carbocycles. The predicted molar refractivity (Wildman–Crippen MR) is 104 cm³/mol. The minimum Gasteiger partial charge on any atom is -0.493 e. The number of methoxy groups -OCH3 is 1. The molecule has 1 fully saturated rings. The molecule has 2 aromatic rings. The highest BCUT2D eigenvalue weighted by Gasteiger charge is 2.22. The molecule has 6 heteroatoms. The van der Waals surface area contributed by atoms with Gasteiger partial charge < -0.3 is 19.7 Å². The number of para-hydroxylation sites is 2. The molecule has 1 aliphatic rings. The number of hydrogen-bond donors (Lipinski definition) is 1. The Bertz CT molecular complexity index is 804. The fraction of sp³-hybridized carbons (Fsp3) is 0.333. The van der Waals surface area contributed by atoms with Crippen molar-refractivity contribution in [3.8, 4) is 11.5 Å². The maximum atomic E-state index is 12.6. The summed E-state index contributed by atoms with van der Waals surface area (Å²) in [5, 5.41) is 2.87. The molecule has 1 saturated heterocycles. The molecule has 1 aliphatic heterocycles. The van der Waals surface area contributed by atoms with Gasteiger partial charge in [-0.15, -0.1) is 0 Å². The van der Waals surface area contributed by atoms with Crippen LogP contribution in [0.2, 0.25) is 0 Å². The fourth-order valence-electron chi connectivity index (χ4n) is 3.06. The lowest BCUT2D eigenvalue weighted by Crippen LogP contribution is -2.32. The Morgan fingerprint density at radius 1 is 1.15 bits per heavy atom. The van der Waals surface area contributed by atoms with Crippen molar-refractivity contribution in [1.29, 1.82) is 0 Å². The predicted octanol–water partition coefficient (Wildman–Crippen LogP) is 3.62. The Balaban J connectivity index is 1.65. The Kier molecular flexibility index (Phi) is 5.96. The summed E-state index contributed by atoms with van der Waals surface area (Å²) in [5.74, 6) is 1.03. The second-order valence-electron chi connectivity index (χ2n) is 6.35. The molecule has 1 atom stereocenters. The molecule has 6 nitrogen and oxygen atoms in total. The van der Waals surface area contributed by atoms with Crippen LogP contribution in [0.25, 0.3) is 0 Å². The highest BCUT2D eigenvalue weighted by Crippen LogP contribution is 2.28. The maximum absolute atomic E-state index is 12.6. The first-order valence-corrected chi connectivity index (χ1v) is 9.13. The van der Waals surface area contributed by atoms with Crippen LogP contribution in [0.3, 0.4) is 0 Å². The molecule has 3 rings (SSSR count). The van der Waals surface area contributed by atoms with Crippen molar-refractivity contribution < 1.29 is 19.1 Å². The van der Waals surface area contributed by atoms with Gasteiger partial charge in [0.25, 0.3) is 5.91 Å². The normalized spacial score (nSPS) is 14.7. The lowest BCUT2D eigenvalue weighted by atomic mass is 10.2. The van der Waals surface area contributed by atoms with E-state index in [0.29, 0.717) is 30.0 Å². The van der Waals surface area contributed by atoms with E-state index in [4.69, 9.17) is 9.47 Å². The zero-order valence-electron chi connectivity index (χ0n) is 15.6. The van der Waals surface area contributed by atoms with Crippen LogP contribution in [0.4, 0.5) is 11.4 Å². The number of hydrogen-bond acceptors (Lipinski definition) is 4. The molecule has 0 radical (unpaired) electrons. The zero-order valence-corrected chi connectivity index (χ0v) is 15.6. The molecule has 2 amide bonds. The summed E-state index contributed by atoms with van der Waals surface area (Å²) in [6, 6.07) is 14.5. The second kappa shape index (κ2) is 8.58. The lowest BCUT2D eigenvalue weighted by Gasteiger charge is -2.19. The minimum atomic E-state index is -0.638. The van der Waals surface area contributed by atoms with Crippen LogP contribution in [0, 0.1) is 0 Å². The largest absolute Gasteiger partial charge is 0.493 e. The van der Waals surface area contributed by atoms with Crippen LogP contribution in [0.15, 0.2) is 48.5 Å². The Morgan fingerprint density at radius 3 is 2.44 bits per heavy atom. The summed E-state index contributed by atoms with van der Waals surface area (Å²) in [4.78, 5) is 26.2. The minimum absolute atomic E-state index is 0.142. The molecule has 0 aromatic heterocycles. The quantitative estimate of drug-likeness (QED) is 0.811. The third-order valence-corrected chi connectivity index (χ3v) is 4.52. The van der Waals surface area contributed by atoms with E-state index in [-0.39, 0.29) is 11.8 Å². The summed E-state index contributed by atoms with van der Waals surface area (Å²) < 4.78 is 11.1. The molecule has 1 heterocycles. The van der Waals surface area contributed by atoms with E-state index in [1.807, 2.05) is 31.2 Å². The number of benzene rings is 2. The van der Waals surface area contributed by atoms with E-state index in [1.165, 1.54) is 0 Å². The standard InChI is InChI=1S/C21H24N2O4/c1-3-17(27-19-8-5-4-7-18(19)26-2)21(25)22-15-10-12-16(13-11-15)23-14-6-9-20(23)24/h4-5,7-8,10-13,17H,3,6,9,14H2,1-2H3,(H,22,25)/t17-/m1/s1. The van der Waals surface area contributed by atoms with Crippen LogP contribution < -0.4 is 19.7 Å². The zero-order chi connectivity index (χ0) is 19.2. The van der Waals surface area contributed by atoms with Gasteiger partial charge in [0, 0.05) is 24.3 Å². The van der Waals surface area contributed by atoms with Gasteiger partial charge in [-0.2, -0.15) is 0 Å². The number of ether oxygens (including phenoxy) is 2. The van der Waals surface area contributed by atoms with Crippen LogP contribution in [-0.2, 0) is 9.59 Å². The van der Waals surface area contributed by atoms with Crippen LogP contribution >= 0.6 is 0 Å². The van der Waals surface area contributed by atoms with Crippen molar-refractivity contribution >= 4 is 23.2 Å². The number of nitrogens with zero attached hydrogens (tertiary/aromatic N) is 1. The van der Waals surface area contributed by atoms with Crippen molar-refractivity contribution in [1.82, 2.24) is 0 Å². The number of nitrogens with one attached hydrogen (secondary N) is 1. The number of carbonyl (C=O) groups excluding carboxylic acids is 2. The van der Waals surface area contributed by atoms with Crippen molar-refractivity contribution in [2.24, 2.45) is 0 Å². The Hall–Kier alpha value is -3.02. The van der Waals surface area contributed by atoms with E-state index < -0.39 is 6.10 Å². The number of amides is 2. The van der Waals surface area contributed by atoms with Crippen molar-refractivity contribution in [2.75, 3.05) is 23.9 Å². The lowest BCUT2D eigenvalue weighted by molar-refractivity contribution is -0.123. The third-order valence-electron chi connectivity index (χ3n) is 4.52. The number of rotatable bonds is 7. The van der Waals surface area contributed by atoms with Crippen LogP contribution in [0.5, 0.6) is 11.5 Å². The van der Waals surface area contributed by atoms with Gasteiger partial charge in [-0.05, 0) is 49.2 Å². The van der Waals surface area contributed by atoms with Crippen LogP contribution in [0.1, 0.15) is 26.2 Å². The third kappa shape index (κ3) is 4.39. The SMILES string of the molecule is CC[C@@H](Oc1ccccc1OC)C(=O)Nc1ccc(N2CCCC2=O)cc1. The molecular weight excluding hydrogens is 344 g/mol. The first-order chi connectivity index (χ1) is 13.1. The van der Waals surface area contributed by atoms with Gasteiger partial charge in [0.15, 0.2) is 17.6 Å². The molecule has 142 valence electrons. The highest BCUT2D eigenvalue weighted by molar-refractivity contribution is 5.97. The molecule has 0 saturated carbocycles. The molecule has 0 bridgehead atoms. The average Bonchev–Trinajstić information content (AvgIpc) is 3.12. The van der Waals surface area contributed by atoms with Crippen molar-refractivity contribution in [3.05, 3.63) is 48.5 Å². The summed E-state index contributed by atoms with van der Waals surface area (Å²) in [7, 11) is 1.57. The molecule has 2 aromatic carbocycles. The van der Waals surface area contributed by atoms with Crippen molar-refractivity contribution in [3.63, 3.8) is 0 Å². The molecule has 27 heavy (non-hydrogen) atoms. The Morgan fingerprint density at radius 2 is 1.85 bits per heavy atom. The maximum Gasteiger partial charge on any atom is 0.265 e. The van der Waals surface area contributed by atoms with Gasteiger partial charge >= 0.3 is 0 Å². The average molecular weight is 368 g/mol. The summed E-state index contributed by atoms with van der Waals surface area (Å²) in [6.45, 7) is 2.64. The van der Waals surface area contributed by atoms with Gasteiger partial charge in [-0.3, -0.25) is 9.59 Å². The van der Waals surface area contributed by atoms with Crippen LogP contribution in [-0.4, -0.2) is 31.6 Å². The van der Waals surface area contributed by atoms with E-state index in [9.17, 15) is 9.59 Å². The molecule has 1 N–H and O–H groups in total. The van der Waals surface area contributed by atoms with E-state index in [0.717, 1.165) is 18.7 Å². The van der Waals surface area contributed by atoms with Crippen molar-refractivity contribution in [2.45, 2.75) is 32.3 Å². The van der Waals surface area contributed by atoms with E-state index in [2.05, 4.69) is 5.32 Å². The number of anilines is 2. The fourth-order valence-corrected chi connectivity index (χ4v) is 3.06. The molecule has 0 unspecified atom stereocenters. The molecule has 0 spiro atoms. The monoisotopic (exact) mass is 368 g/mol. The van der Waals surface area contributed by atoms with Gasteiger partial charge in [0.2, 0.25) is 5.91 Å². The smallest absolute Gasteiger partial charge is 0.265 e. The highest BCUT2D eigenvalue weighted by atomic mass is 16.5. The van der Waals surface area contributed by atoms with Gasteiger partial charge in [-0.25, -0.2) is 0 Å². The van der Waals surface area contributed by atoms with Gasteiger partial charge in [-0.1, -0.05) is 19.1 Å². The topological polar surface area (TPSA) is 67.9 Å². The Labute approximate surface area is 159 Å².